The number of halogens is 2. The van der Waals surface area contributed by atoms with E-state index in [-0.39, 0.29) is 16.3 Å². The zero-order chi connectivity index (χ0) is 13.9. The second-order valence-electron chi connectivity index (χ2n) is 3.51. The van der Waals surface area contributed by atoms with Crippen LogP contribution >= 0.6 is 27.5 Å². The molecule has 18 heavy (non-hydrogen) atoms. The lowest BCUT2D eigenvalue weighted by Crippen LogP contribution is -2.16. The summed E-state index contributed by atoms with van der Waals surface area (Å²) in [4.78, 5) is 26.3. The van der Waals surface area contributed by atoms with Crippen molar-refractivity contribution in [3.8, 4) is 0 Å². The summed E-state index contributed by atoms with van der Waals surface area (Å²) < 4.78 is 0.540. The Hall–Kier alpha value is -1.40. The molecule has 0 saturated carbocycles. The van der Waals surface area contributed by atoms with Gasteiger partial charge in [-0.25, -0.2) is 9.78 Å². The number of carboxylic acid groups (broad SMARTS) is 1. The highest BCUT2D eigenvalue weighted by molar-refractivity contribution is 9.10. The average Bonchev–Trinajstić information content (AvgIpc) is 2.31. The summed E-state index contributed by atoms with van der Waals surface area (Å²) in [5, 5.41) is 11.6. The van der Waals surface area contributed by atoms with Gasteiger partial charge >= 0.3 is 5.97 Å². The van der Waals surface area contributed by atoms with Crippen LogP contribution in [-0.4, -0.2) is 22.0 Å². The van der Waals surface area contributed by atoms with Crippen LogP contribution in [0.3, 0.4) is 0 Å². The van der Waals surface area contributed by atoms with E-state index in [1.165, 1.54) is 20.0 Å². The zero-order valence-electron chi connectivity index (χ0n) is 9.62. The maximum absolute atomic E-state index is 11.7. The first-order chi connectivity index (χ1) is 8.32. The van der Waals surface area contributed by atoms with Crippen LogP contribution in [0.4, 0.5) is 5.69 Å². The molecule has 1 aromatic rings. The molecule has 1 aromatic heterocycles. The molecule has 0 fully saturated rings. The van der Waals surface area contributed by atoms with Crippen LogP contribution in [-0.2, 0) is 9.59 Å². The molecule has 0 aliphatic heterocycles. The normalized spacial score (nSPS) is 11.8. The molecular weight excluding hydrogens is 323 g/mol. The number of amides is 1. The minimum atomic E-state index is -1.13. The molecule has 7 heteroatoms. The predicted molar refractivity (Wildman–Crippen MR) is 71.6 cm³/mol. The number of carboxylic acids is 1. The van der Waals surface area contributed by atoms with Gasteiger partial charge in [-0.3, -0.25) is 4.79 Å². The fourth-order valence-electron chi connectivity index (χ4n) is 1.05. The molecule has 0 atom stereocenters. The molecule has 0 spiro atoms. The molecule has 1 amide bonds. The lowest BCUT2D eigenvalue weighted by atomic mass is 10.1. The lowest BCUT2D eigenvalue weighted by Gasteiger charge is -2.07. The standard InChI is InChI=1S/C11H10BrClN2O3/c1-5(6(2)11(17)18)10(16)15-7-3-8(12)9(13)14-4-7/h3-4H,1-2H3,(H,15,16)(H,17,18). The molecule has 0 radical (unpaired) electrons. The third-order valence-corrected chi connectivity index (χ3v) is 3.41. The van der Waals surface area contributed by atoms with Crippen LogP contribution in [0.5, 0.6) is 0 Å². The van der Waals surface area contributed by atoms with Gasteiger partial charge in [0.15, 0.2) is 0 Å². The van der Waals surface area contributed by atoms with Gasteiger partial charge in [-0.15, -0.1) is 0 Å². The molecule has 1 rings (SSSR count). The molecule has 1 heterocycles. The molecule has 0 unspecified atom stereocenters. The molecule has 0 aromatic carbocycles. The average molecular weight is 334 g/mol. The molecule has 5 nitrogen and oxygen atoms in total. The van der Waals surface area contributed by atoms with E-state index in [1.807, 2.05) is 0 Å². The van der Waals surface area contributed by atoms with E-state index in [4.69, 9.17) is 16.7 Å². The second-order valence-corrected chi connectivity index (χ2v) is 4.72. The van der Waals surface area contributed by atoms with E-state index in [1.54, 1.807) is 6.07 Å². The van der Waals surface area contributed by atoms with Crippen molar-refractivity contribution in [2.45, 2.75) is 13.8 Å². The maximum Gasteiger partial charge on any atom is 0.331 e. The third kappa shape index (κ3) is 3.54. The molecular formula is C11H10BrClN2O3. The number of nitrogens with zero attached hydrogens (tertiary/aromatic N) is 1. The molecule has 96 valence electrons. The van der Waals surface area contributed by atoms with Gasteiger partial charge < -0.3 is 10.4 Å². The summed E-state index contributed by atoms with van der Waals surface area (Å²) in [5.74, 6) is -1.62. The Kier molecular flexibility index (Phi) is 4.86. The summed E-state index contributed by atoms with van der Waals surface area (Å²) >= 11 is 8.89. The number of anilines is 1. The molecule has 0 aliphatic carbocycles. The van der Waals surface area contributed by atoms with Crippen molar-refractivity contribution in [3.05, 3.63) is 33.0 Å². The van der Waals surface area contributed by atoms with E-state index in [2.05, 4.69) is 26.2 Å². The SMILES string of the molecule is CC(C(=O)O)=C(C)C(=O)Nc1cnc(Cl)c(Br)c1. The number of aliphatic carboxylic acids is 1. The number of hydrogen-bond donors (Lipinski definition) is 2. The summed E-state index contributed by atoms with van der Waals surface area (Å²) in [5.41, 5.74) is 0.552. The summed E-state index contributed by atoms with van der Waals surface area (Å²) in [6.07, 6.45) is 1.38. The van der Waals surface area contributed by atoms with Crippen LogP contribution in [0.25, 0.3) is 0 Å². The van der Waals surface area contributed by atoms with Gasteiger partial charge in [-0.1, -0.05) is 11.6 Å². The maximum atomic E-state index is 11.7. The van der Waals surface area contributed by atoms with Crippen LogP contribution in [0, 0.1) is 0 Å². The van der Waals surface area contributed by atoms with Gasteiger partial charge in [-0.05, 0) is 35.8 Å². The fraction of sp³-hybridized carbons (Fsp3) is 0.182. The number of hydrogen-bond acceptors (Lipinski definition) is 3. The Bertz CT molecular complexity index is 543. The molecule has 0 saturated heterocycles. The summed E-state index contributed by atoms with van der Waals surface area (Å²) in [7, 11) is 0. The van der Waals surface area contributed by atoms with Gasteiger partial charge in [0.05, 0.1) is 16.4 Å². The zero-order valence-corrected chi connectivity index (χ0v) is 12.0. The largest absolute Gasteiger partial charge is 0.478 e. The highest BCUT2D eigenvalue weighted by Crippen LogP contribution is 2.23. The van der Waals surface area contributed by atoms with Crippen LogP contribution in [0.15, 0.2) is 27.9 Å². The smallest absolute Gasteiger partial charge is 0.331 e. The Morgan fingerprint density at radius 3 is 2.50 bits per heavy atom. The number of carbonyl (C=O) groups excluding carboxylic acids is 1. The first-order valence-corrected chi connectivity index (χ1v) is 6.03. The molecule has 2 N–H and O–H groups in total. The monoisotopic (exact) mass is 332 g/mol. The number of carbonyl (C=O) groups is 2. The lowest BCUT2D eigenvalue weighted by molar-refractivity contribution is -0.133. The van der Waals surface area contributed by atoms with E-state index < -0.39 is 11.9 Å². The predicted octanol–water partition coefficient (Wildman–Crippen LogP) is 2.86. The van der Waals surface area contributed by atoms with Gasteiger partial charge in [0.1, 0.15) is 5.15 Å². The van der Waals surface area contributed by atoms with Crippen molar-refractivity contribution in [2.75, 3.05) is 5.32 Å². The van der Waals surface area contributed by atoms with Crippen LogP contribution < -0.4 is 5.32 Å². The molecule has 0 bridgehead atoms. The van der Waals surface area contributed by atoms with Crippen molar-refractivity contribution in [2.24, 2.45) is 0 Å². The van der Waals surface area contributed by atoms with Gasteiger partial charge in [0, 0.05) is 11.1 Å². The Labute approximate surface area is 117 Å². The summed E-state index contributed by atoms with van der Waals surface area (Å²) in [6.45, 7) is 2.81. The van der Waals surface area contributed by atoms with Crippen molar-refractivity contribution >= 4 is 45.1 Å². The second kappa shape index (κ2) is 5.97. The first-order valence-electron chi connectivity index (χ1n) is 4.86. The third-order valence-electron chi connectivity index (χ3n) is 2.28. The number of aromatic nitrogens is 1. The van der Waals surface area contributed by atoms with E-state index in [9.17, 15) is 9.59 Å². The van der Waals surface area contributed by atoms with Crippen molar-refractivity contribution < 1.29 is 14.7 Å². The number of rotatable bonds is 3. The van der Waals surface area contributed by atoms with Gasteiger partial charge in [0.2, 0.25) is 0 Å². The highest BCUT2D eigenvalue weighted by atomic mass is 79.9. The van der Waals surface area contributed by atoms with Gasteiger partial charge in [0.25, 0.3) is 5.91 Å². The highest BCUT2D eigenvalue weighted by Gasteiger charge is 2.13. The topological polar surface area (TPSA) is 79.3 Å². The fourth-order valence-corrected chi connectivity index (χ4v) is 1.50. The number of pyridine rings is 1. The Morgan fingerprint density at radius 1 is 1.39 bits per heavy atom. The van der Waals surface area contributed by atoms with Gasteiger partial charge in [-0.2, -0.15) is 0 Å². The molecule has 0 aliphatic rings. The first kappa shape index (κ1) is 14.7. The van der Waals surface area contributed by atoms with Crippen LogP contribution in [0.2, 0.25) is 5.15 Å². The van der Waals surface area contributed by atoms with E-state index in [0.717, 1.165) is 0 Å². The number of nitrogens with one attached hydrogen (secondary N) is 1. The van der Waals surface area contributed by atoms with E-state index >= 15 is 0 Å². The van der Waals surface area contributed by atoms with E-state index in [0.29, 0.717) is 10.2 Å². The van der Waals surface area contributed by atoms with Crippen molar-refractivity contribution in [3.63, 3.8) is 0 Å². The quantitative estimate of drug-likeness (QED) is 0.658. The Morgan fingerprint density at radius 2 is 2.00 bits per heavy atom. The Balaban J connectivity index is 2.92. The van der Waals surface area contributed by atoms with Crippen molar-refractivity contribution in [1.82, 2.24) is 4.98 Å². The summed E-state index contributed by atoms with van der Waals surface area (Å²) in [6, 6.07) is 1.58. The minimum Gasteiger partial charge on any atom is -0.478 e. The van der Waals surface area contributed by atoms with Crippen molar-refractivity contribution in [1.29, 1.82) is 0 Å². The van der Waals surface area contributed by atoms with Crippen LogP contribution in [0.1, 0.15) is 13.8 Å². The minimum absolute atomic E-state index is 0.00603.